The summed E-state index contributed by atoms with van der Waals surface area (Å²) in [7, 11) is 0. The number of hydrogen-bond donors (Lipinski definition) is 1. The lowest BCUT2D eigenvalue weighted by molar-refractivity contribution is -0.347. The van der Waals surface area contributed by atoms with Crippen LogP contribution in [0.2, 0.25) is 0 Å². The molecule has 0 radical (unpaired) electrons. The molecule has 92 valence electrons. The molecular formula is C6H6F6I2O. The summed E-state index contributed by atoms with van der Waals surface area (Å²) in [5.41, 5.74) is -4.82. The molecule has 15 heavy (non-hydrogen) atoms. The van der Waals surface area contributed by atoms with Gasteiger partial charge in [0, 0.05) is 0 Å². The Kier molecular flexibility index (Phi) is 7.81. The fraction of sp³-hybridized carbons (Fsp3) is 0.667. The largest absolute Gasteiger partial charge is 0.429 e. The molecule has 0 atom stereocenters. The molecule has 0 aromatic rings. The van der Waals surface area contributed by atoms with E-state index in [1.807, 2.05) is 0 Å². The quantitative estimate of drug-likeness (QED) is 0.272. The Balaban J connectivity index is 0. The second-order valence-electron chi connectivity index (χ2n) is 2.07. The topological polar surface area (TPSA) is 20.2 Å². The van der Waals surface area contributed by atoms with E-state index in [0.29, 0.717) is 0 Å². The molecule has 0 fully saturated rings. The van der Waals surface area contributed by atoms with E-state index in [1.165, 1.54) is 2.43 Å². The minimum Gasteiger partial charge on any atom is -0.370 e. The first-order chi connectivity index (χ1) is 6.47. The van der Waals surface area contributed by atoms with Crippen molar-refractivity contribution in [3.8, 4) is 0 Å². The standard InChI is InChI=1S/C5H4F6O.CH2I2/c1-2-3(12,4(6,7)8)5(9,10)11;2-1-3/h2,12H,1H2;1H2. The van der Waals surface area contributed by atoms with Crippen molar-refractivity contribution in [3.05, 3.63) is 12.7 Å². The van der Waals surface area contributed by atoms with Crippen LogP contribution in [-0.4, -0.2) is 25.5 Å². The first-order valence-corrected chi connectivity index (χ1v) is 6.14. The van der Waals surface area contributed by atoms with Gasteiger partial charge >= 0.3 is 12.4 Å². The summed E-state index contributed by atoms with van der Waals surface area (Å²) >= 11 is 4.55. The highest BCUT2D eigenvalue weighted by Gasteiger charge is 2.68. The van der Waals surface area contributed by atoms with Gasteiger partial charge in [0.15, 0.2) is 0 Å². The van der Waals surface area contributed by atoms with Crippen molar-refractivity contribution in [2.75, 3.05) is 2.43 Å². The maximum atomic E-state index is 11.6. The van der Waals surface area contributed by atoms with Crippen molar-refractivity contribution >= 4 is 45.2 Å². The zero-order chi connectivity index (χ0) is 12.9. The monoisotopic (exact) mass is 462 g/mol. The normalized spacial score (nSPS) is 12.9. The van der Waals surface area contributed by atoms with E-state index < -0.39 is 24.0 Å². The molecule has 0 heterocycles. The van der Waals surface area contributed by atoms with Crippen molar-refractivity contribution in [2.45, 2.75) is 18.0 Å². The van der Waals surface area contributed by atoms with Gasteiger partial charge in [-0.3, -0.25) is 0 Å². The molecule has 0 bridgehead atoms. The van der Waals surface area contributed by atoms with Gasteiger partial charge in [-0.2, -0.15) is 26.3 Å². The lowest BCUT2D eigenvalue weighted by atomic mass is 10.0. The Morgan fingerprint density at radius 2 is 1.20 bits per heavy atom. The molecule has 0 saturated carbocycles. The van der Waals surface area contributed by atoms with Gasteiger partial charge in [-0.1, -0.05) is 51.8 Å². The molecule has 0 aliphatic rings. The third kappa shape index (κ3) is 5.06. The van der Waals surface area contributed by atoms with Crippen LogP contribution in [0, 0.1) is 0 Å². The number of aliphatic hydroxyl groups is 1. The van der Waals surface area contributed by atoms with E-state index in [-0.39, 0.29) is 0 Å². The van der Waals surface area contributed by atoms with Crippen LogP contribution in [0.25, 0.3) is 0 Å². The predicted molar refractivity (Wildman–Crippen MR) is 60.2 cm³/mol. The zero-order valence-corrected chi connectivity index (χ0v) is 11.3. The molecule has 0 unspecified atom stereocenters. The molecule has 0 rings (SSSR count). The van der Waals surface area contributed by atoms with E-state index in [0.717, 1.165) is 0 Å². The Labute approximate surface area is 109 Å². The first-order valence-electron chi connectivity index (χ1n) is 3.09. The maximum absolute atomic E-state index is 11.6. The third-order valence-electron chi connectivity index (χ3n) is 1.16. The van der Waals surface area contributed by atoms with Crippen LogP contribution in [0.5, 0.6) is 0 Å². The molecule has 0 spiro atoms. The second-order valence-corrected chi connectivity index (χ2v) is 6.51. The summed E-state index contributed by atoms with van der Waals surface area (Å²) in [5.74, 6) is 0. The summed E-state index contributed by atoms with van der Waals surface area (Å²) in [6.07, 6.45) is -12.2. The highest BCUT2D eigenvalue weighted by atomic mass is 127. The maximum Gasteiger partial charge on any atom is 0.429 e. The van der Waals surface area contributed by atoms with Crippen molar-refractivity contribution < 1.29 is 31.4 Å². The molecule has 0 aliphatic heterocycles. The second kappa shape index (κ2) is 6.47. The highest BCUT2D eigenvalue weighted by molar-refractivity contribution is 14.2. The van der Waals surface area contributed by atoms with E-state index in [2.05, 4.69) is 51.8 Å². The first kappa shape index (κ1) is 18.1. The molecule has 0 aliphatic carbocycles. The minimum atomic E-state index is -5.80. The number of alkyl halides is 8. The van der Waals surface area contributed by atoms with Crippen molar-refractivity contribution in [2.24, 2.45) is 0 Å². The van der Waals surface area contributed by atoms with Crippen LogP contribution in [0.15, 0.2) is 12.7 Å². The fourth-order valence-corrected chi connectivity index (χ4v) is 0.392. The average Bonchev–Trinajstić information content (AvgIpc) is 2.00. The van der Waals surface area contributed by atoms with Crippen LogP contribution in [0.4, 0.5) is 26.3 Å². The Morgan fingerprint density at radius 1 is 1.00 bits per heavy atom. The smallest absolute Gasteiger partial charge is 0.370 e. The average molecular weight is 462 g/mol. The molecule has 1 N–H and O–H groups in total. The molecule has 9 heteroatoms. The third-order valence-corrected chi connectivity index (χ3v) is 1.16. The highest BCUT2D eigenvalue weighted by Crippen LogP contribution is 2.43. The molecule has 0 amide bonds. The molecule has 1 nitrogen and oxygen atoms in total. The lowest BCUT2D eigenvalue weighted by Gasteiger charge is -2.28. The summed E-state index contributed by atoms with van der Waals surface area (Å²) < 4.78 is 70.5. The van der Waals surface area contributed by atoms with Crippen molar-refractivity contribution in [1.29, 1.82) is 0 Å². The zero-order valence-electron chi connectivity index (χ0n) is 6.96. The number of hydrogen-bond acceptors (Lipinski definition) is 1. The summed E-state index contributed by atoms with van der Waals surface area (Å²) in [5, 5.41) is 8.12. The van der Waals surface area contributed by atoms with E-state index in [1.54, 1.807) is 0 Å². The van der Waals surface area contributed by atoms with E-state index >= 15 is 0 Å². The van der Waals surface area contributed by atoms with Crippen molar-refractivity contribution in [1.82, 2.24) is 0 Å². The van der Waals surface area contributed by atoms with Gasteiger partial charge in [-0.25, -0.2) is 0 Å². The van der Waals surface area contributed by atoms with Gasteiger partial charge < -0.3 is 5.11 Å². The molecule has 0 saturated heterocycles. The van der Waals surface area contributed by atoms with Crippen LogP contribution < -0.4 is 0 Å². The molecular weight excluding hydrogens is 456 g/mol. The Morgan fingerprint density at radius 3 is 1.20 bits per heavy atom. The van der Waals surface area contributed by atoms with E-state index in [9.17, 15) is 26.3 Å². The van der Waals surface area contributed by atoms with Gasteiger partial charge in [0.05, 0.1) is 2.43 Å². The predicted octanol–water partition coefficient (Wildman–Crippen LogP) is 3.84. The SMILES string of the molecule is C=CC(O)(C(F)(F)F)C(F)(F)F.ICI. The van der Waals surface area contributed by atoms with Crippen LogP contribution in [0.1, 0.15) is 0 Å². The van der Waals surface area contributed by atoms with Crippen LogP contribution >= 0.6 is 45.2 Å². The van der Waals surface area contributed by atoms with Gasteiger partial charge in [0.1, 0.15) is 0 Å². The number of halogens is 8. The molecule has 0 aromatic heterocycles. The van der Waals surface area contributed by atoms with Crippen LogP contribution in [0.3, 0.4) is 0 Å². The summed E-state index contributed by atoms with van der Waals surface area (Å²) in [4.78, 5) is 0. The summed E-state index contributed by atoms with van der Waals surface area (Å²) in [6.45, 7) is 2.28. The Hall–Kier alpha value is 0.740. The van der Waals surface area contributed by atoms with Gasteiger partial charge in [0.25, 0.3) is 5.60 Å². The van der Waals surface area contributed by atoms with E-state index in [4.69, 9.17) is 5.11 Å². The fourth-order valence-electron chi connectivity index (χ4n) is 0.392. The van der Waals surface area contributed by atoms with Gasteiger partial charge in [-0.05, 0) is 6.08 Å². The summed E-state index contributed by atoms with van der Waals surface area (Å²) in [6, 6.07) is 0. The van der Waals surface area contributed by atoms with Crippen molar-refractivity contribution in [3.63, 3.8) is 0 Å². The minimum absolute atomic E-state index is 0.590. The lowest BCUT2D eigenvalue weighted by Crippen LogP contribution is -2.55. The van der Waals surface area contributed by atoms with Crippen LogP contribution in [-0.2, 0) is 0 Å². The molecule has 0 aromatic carbocycles. The number of rotatable bonds is 1. The van der Waals surface area contributed by atoms with Gasteiger partial charge in [-0.15, -0.1) is 0 Å². The Bertz CT molecular complexity index is 185. The van der Waals surface area contributed by atoms with Gasteiger partial charge in [0.2, 0.25) is 0 Å².